The van der Waals surface area contributed by atoms with Crippen molar-refractivity contribution in [3.05, 3.63) is 36.0 Å². The van der Waals surface area contributed by atoms with Crippen LogP contribution in [0, 0.1) is 16.7 Å². The number of carbonyl (C=O) groups is 2. The molecule has 9 heteroatoms. The van der Waals surface area contributed by atoms with Crippen LogP contribution in [0.5, 0.6) is 5.75 Å². The molecule has 2 aromatic rings. The molecule has 0 aliphatic carbocycles. The van der Waals surface area contributed by atoms with Gasteiger partial charge in [0.2, 0.25) is 11.9 Å². The van der Waals surface area contributed by atoms with Crippen molar-refractivity contribution in [3.63, 3.8) is 0 Å². The van der Waals surface area contributed by atoms with Crippen LogP contribution < -0.4 is 20.3 Å². The largest absolute Gasteiger partial charge is 0.496 e. The van der Waals surface area contributed by atoms with E-state index in [1.54, 1.807) is 37.5 Å². The van der Waals surface area contributed by atoms with E-state index >= 15 is 0 Å². The summed E-state index contributed by atoms with van der Waals surface area (Å²) in [4.78, 5) is 34.8. The normalized spacial score (nSPS) is 18.3. The van der Waals surface area contributed by atoms with Crippen molar-refractivity contribution in [2.75, 3.05) is 30.9 Å². The van der Waals surface area contributed by atoms with Gasteiger partial charge in [-0.05, 0) is 31.0 Å². The van der Waals surface area contributed by atoms with Crippen LogP contribution in [0.1, 0.15) is 30.1 Å². The molecule has 2 amide bonds. The first kappa shape index (κ1) is 20.1. The van der Waals surface area contributed by atoms with Crippen LogP contribution in [-0.4, -0.2) is 42.5 Å². The topological polar surface area (TPSA) is 120 Å². The second kappa shape index (κ2) is 8.14. The first-order valence-electron chi connectivity index (χ1n) is 9.21. The van der Waals surface area contributed by atoms with Crippen molar-refractivity contribution in [2.24, 2.45) is 5.41 Å². The molecule has 1 fully saturated rings. The average Bonchev–Trinajstić information content (AvgIpc) is 3.09. The number of anilines is 3. The second-order valence-electron chi connectivity index (χ2n) is 6.61. The van der Waals surface area contributed by atoms with Gasteiger partial charge in [0.1, 0.15) is 17.0 Å². The van der Waals surface area contributed by atoms with Gasteiger partial charge in [0, 0.05) is 31.5 Å². The zero-order valence-corrected chi connectivity index (χ0v) is 16.5. The highest BCUT2D eigenvalue weighted by atomic mass is 16.5. The molecule has 150 valence electrons. The van der Waals surface area contributed by atoms with Crippen LogP contribution in [0.15, 0.2) is 30.5 Å². The Morgan fingerprint density at radius 3 is 2.83 bits per heavy atom. The lowest BCUT2D eigenvalue weighted by atomic mass is 9.85. The Labute approximate surface area is 168 Å². The van der Waals surface area contributed by atoms with Crippen molar-refractivity contribution < 1.29 is 14.3 Å². The van der Waals surface area contributed by atoms with Gasteiger partial charge in [-0.3, -0.25) is 14.5 Å². The fourth-order valence-corrected chi connectivity index (χ4v) is 3.28. The minimum Gasteiger partial charge on any atom is -0.496 e. The lowest BCUT2D eigenvalue weighted by Gasteiger charge is -2.19. The Morgan fingerprint density at radius 1 is 1.41 bits per heavy atom. The number of methoxy groups -OCH3 is 1. The maximum atomic E-state index is 12.7. The smallest absolute Gasteiger partial charge is 0.254 e. The number of aromatic nitrogens is 2. The van der Waals surface area contributed by atoms with Crippen LogP contribution in [0.2, 0.25) is 0 Å². The van der Waals surface area contributed by atoms with Crippen molar-refractivity contribution in [3.8, 4) is 11.8 Å². The minimum atomic E-state index is -0.985. The summed E-state index contributed by atoms with van der Waals surface area (Å²) in [6.45, 7) is 2.28. The third-order valence-corrected chi connectivity index (χ3v) is 5.08. The zero-order chi connectivity index (χ0) is 21.0. The van der Waals surface area contributed by atoms with E-state index in [2.05, 4.69) is 26.7 Å². The van der Waals surface area contributed by atoms with E-state index in [0.29, 0.717) is 42.2 Å². The van der Waals surface area contributed by atoms with Crippen molar-refractivity contribution in [2.45, 2.75) is 19.8 Å². The van der Waals surface area contributed by atoms with Crippen molar-refractivity contribution >= 4 is 29.3 Å². The Hall–Kier alpha value is -3.67. The number of hydrogen-bond acceptors (Lipinski definition) is 7. The predicted octanol–water partition coefficient (Wildman–Crippen LogP) is 2.25. The number of nitrogens with one attached hydrogen (secondary N) is 2. The second-order valence-corrected chi connectivity index (χ2v) is 6.61. The molecule has 0 bridgehead atoms. The number of hydrogen-bond donors (Lipinski definition) is 2. The summed E-state index contributed by atoms with van der Waals surface area (Å²) in [5, 5.41) is 15.1. The van der Waals surface area contributed by atoms with Gasteiger partial charge in [-0.15, -0.1) is 0 Å². The fraction of sp³-hybridized carbons (Fsp3) is 0.350. The number of benzene rings is 1. The highest BCUT2D eigenvalue weighted by Crippen LogP contribution is 2.36. The van der Waals surface area contributed by atoms with Crippen molar-refractivity contribution in [1.82, 2.24) is 15.3 Å². The molecule has 2 N–H and O–H groups in total. The first-order chi connectivity index (χ1) is 14.0. The molecule has 1 aliphatic rings. The highest BCUT2D eigenvalue weighted by Gasteiger charge is 2.46. The molecule has 1 aromatic heterocycles. The number of nitrogens with zero attached hydrogens (tertiary/aromatic N) is 4. The molecule has 29 heavy (non-hydrogen) atoms. The molecule has 1 aromatic carbocycles. The van der Waals surface area contributed by atoms with Crippen molar-refractivity contribution in [1.29, 1.82) is 5.26 Å². The SMILES string of the molecule is CC[C@]1(C#N)CCN(c2ccnc(Nc3ccc(C(=O)NC)c(OC)c3)n2)C1=O. The number of rotatable bonds is 6. The molecular formula is C20H22N6O3. The van der Waals surface area contributed by atoms with E-state index < -0.39 is 5.41 Å². The number of amides is 2. The van der Waals surface area contributed by atoms with Crippen LogP contribution in [0.3, 0.4) is 0 Å². The van der Waals surface area contributed by atoms with E-state index in [1.165, 1.54) is 12.0 Å². The van der Waals surface area contributed by atoms with Crippen LogP contribution in [0.4, 0.5) is 17.5 Å². The molecule has 0 spiro atoms. The van der Waals surface area contributed by atoms with E-state index in [1.807, 2.05) is 6.92 Å². The molecule has 3 rings (SSSR count). The summed E-state index contributed by atoms with van der Waals surface area (Å²) in [7, 11) is 3.03. The first-order valence-corrected chi connectivity index (χ1v) is 9.21. The molecule has 1 aliphatic heterocycles. The Kier molecular flexibility index (Phi) is 5.64. The third kappa shape index (κ3) is 3.69. The highest BCUT2D eigenvalue weighted by molar-refractivity contribution is 6.01. The van der Waals surface area contributed by atoms with E-state index in [0.717, 1.165) is 0 Å². The Morgan fingerprint density at radius 2 is 2.21 bits per heavy atom. The summed E-state index contributed by atoms with van der Waals surface area (Å²) < 4.78 is 5.29. The number of nitriles is 1. The standard InChI is InChI=1S/C20H22N6O3/c1-4-20(12-21)8-10-26(18(20)28)16-7-9-23-19(25-16)24-13-5-6-14(17(27)22-2)15(11-13)29-3/h5-7,9,11H,4,8,10H2,1-3H3,(H,22,27)(H,23,24,25)/t20-/m1/s1. The Bertz CT molecular complexity index is 986. The number of carbonyl (C=O) groups excluding carboxylic acids is 2. The van der Waals surface area contributed by atoms with E-state index in [-0.39, 0.29) is 17.8 Å². The zero-order valence-electron chi connectivity index (χ0n) is 16.5. The van der Waals surface area contributed by atoms with Gasteiger partial charge in [-0.1, -0.05) is 6.92 Å². The van der Waals surface area contributed by atoms with Gasteiger partial charge in [0.25, 0.3) is 5.91 Å². The summed E-state index contributed by atoms with van der Waals surface area (Å²) in [5.41, 5.74) is 0.0475. The molecule has 0 unspecified atom stereocenters. The van der Waals surface area contributed by atoms with E-state index in [9.17, 15) is 14.9 Å². The van der Waals surface area contributed by atoms with Gasteiger partial charge in [-0.2, -0.15) is 10.2 Å². The predicted molar refractivity (Wildman–Crippen MR) is 107 cm³/mol. The molecule has 1 atom stereocenters. The third-order valence-electron chi connectivity index (χ3n) is 5.08. The van der Waals surface area contributed by atoms with E-state index in [4.69, 9.17) is 4.74 Å². The summed E-state index contributed by atoms with van der Waals surface area (Å²) in [6, 6.07) is 8.82. The average molecular weight is 394 g/mol. The lowest BCUT2D eigenvalue weighted by Crippen LogP contribution is -2.33. The monoisotopic (exact) mass is 394 g/mol. The molecule has 0 radical (unpaired) electrons. The lowest BCUT2D eigenvalue weighted by molar-refractivity contribution is -0.123. The maximum absolute atomic E-state index is 12.7. The summed E-state index contributed by atoms with van der Waals surface area (Å²) in [5.74, 6) is 0.643. The molecule has 0 saturated carbocycles. The molecule has 1 saturated heterocycles. The van der Waals surface area contributed by atoms with Gasteiger partial charge in [-0.25, -0.2) is 4.98 Å². The fourth-order valence-electron chi connectivity index (χ4n) is 3.28. The molecule has 9 nitrogen and oxygen atoms in total. The summed E-state index contributed by atoms with van der Waals surface area (Å²) >= 11 is 0. The van der Waals surface area contributed by atoms with Gasteiger partial charge in [0.15, 0.2) is 0 Å². The van der Waals surface area contributed by atoms with Gasteiger partial charge < -0.3 is 15.4 Å². The molecular weight excluding hydrogens is 372 g/mol. The van der Waals surface area contributed by atoms with Crippen LogP contribution in [0.25, 0.3) is 0 Å². The van der Waals surface area contributed by atoms with Gasteiger partial charge in [0.05, 0.1) is 18.7 Å². The Balaban J connectivity index is 1.84. The summed E-state index contributed by atoms with van der Waals surface area (Å²) in [6.07, 6.45) is 2.49. The molecule has 2 heterocycles. The minimum absolute atomic E-state index is 0.233. The number of ether oxygens (including phenoxy) is 1. The maximum Gasteiger partial charge on any atom is 0.254 e. The van der Waals surface area contributed by atoms with Crippen LogP contribution in [-0.2, 0) is 4.79 Å². The quantitative estimate of drug-likeness (QED) is 0.771. The van der Waals surface area contributed by atoms with Gasteiger partial charge >= 0.3 is 0 Å². The van der Waals surface area contributed by atoms with Crippen LogP contribution >= 0.6 is 0 Å².